The van der Waals surface area contributed by atoms with Crippen molar-refractivity contribution in [3.63, 3.8) is 0 Å². The van der Waals surface area contributed by atoms with Gasteiger partial charge in [-0.3, -0.25) is 4.79 Å². The van der Waals surface area contributed by atoms with Crippen molar-refractivity contribution in [3.05, 3.63) is 29.5 Å². The summed E-state index contributed by atoms with van der Waals surface area (Å²) >= 11 is 1.51. The Bertz CT molecular complexity index is 576. The number of nitrogens with zero attached hydrogens (tertiary/aromatic N) is 1. The summed E-state index contributed by atoms with van der Waals surface area (Å²) in [4.78, 5) is 16.3. The van der Waals surface area contributed by atoms with Crippen LogP contribution in [0.4, 0.5) is 0 Å². The Kier molecular flexibility index (Phi) is 4.64. The highest BCUT2D eigenvalue weighted by Crippen LogP contribution is 2.23. The minimum Gasteiger partial charge on any atom is -0.462 e. The lowest BCUT2D eigenvalue weighted by Crippen LogP contribution is -2.44. The van der Waals surface area contributed by atoms with E-state index in [1.165, 1.54) is 11.3 Å². The van der Waals surface area contributed by atoms with Crippen LogP contribution in [0.3, 0.4) is 0 Å². The predicted octanol–water partition coefficient (Wildman–Crippen LogP) is 1.40. The van der Waals surface area contributed by atoms with Gasteiger partial charge in [0.15, 0.2) is 10.8 Å². The van der Waals surface area contributed by atoms with Crippen molar-refractivity contribution in [3.8, 4) is 10.8 Å². The molecular formula is C14H17N3O3S. The topological polar surface area (TPSA) is 76.4 Å². The second kappa shape index (κ2) is 6.84. The van der Waals surface area contributed by atoms with Crippen molar-refractivity contribution < 1.29 is 13.9 Å². The molecule has 2 aromatic rings. The largest absolute Gasteiger partial charge is 0.462 e. The van der Waals surface area contributed by atoms with Crippen LogP contribution in [0.15, 0.2) is 28.2 Å². The van der Waals surface area contributed by atoms with E-state index in [2.05, 4.69) is 15.6 Å². The fourth-order valence-electron chi connectivity index (χ4n) is 2.14. The summed E-state index contributed by atoms with van der Waals surface area (Å²) in [5, 5.41) is 8.90. The van der Waals surface area contributed by atoms with Crippen molar-refractivity contribution >= 4 is 17.2 Å². The number of thiazole rings is 1. The van der Waals surface area contributed by atoms with Gasteiger partial charge in [0, 0.05) is 24.4 Å². The first kappa shape index (κ1) is 14.2. The zero-order chi connectivity index (χ0) is 14.5. The third kappa shape index (κ3) is 3.90. The van der Waals surface area contributed by atoms with Crippen LogP contribution in [0, 0.1) is 0 Å². The molecular weight excluding hydrogens is 290 g/mol. The van der Waals surface area contributed by atoms with Gasteiger partial charge in [-0.2, -0.15) is 0 Å². The zero-order valence-electron chi connectivity index (χ0n) is 11.5. The predicted molar refractivity (Wildman–Crippen MR) is 78.9 cm³/mol. The molecule has 0 bridgehead atoms. The molecule has 1 unspecified atom stereocenters. The standard InChI is InChI=1S/C14H17N3O3S/c18-13(6-10-8-19-5-3-15-10)16-7-11-9-21-14(17-11)12-2-1-4-20-12/h1-2,4,9-10,15H,3,5-8H2,(H,16,18). The average molecular weight is 307 g/mol. The highest BCUT2D eigenvalue weighted by Gasteiger charge is 2.17. The highest BCUT2D eigenvalue weighted by atomic mass is 32.1. The first-order valence-electron chi connectivity index (χ1n) is 6.87. The third-order valence-corrected chi connectivity index (χ3v) is 4.09. The van der Waals surface area contributed by atoms with E-state index in [9.17, 15) is 4.79 Å². The number of carbonyl (C=O) groups is 1. The fraction of sp³-hybridized carbons (Fsp3) is 0.429. The molecule has 1 amide bonds. The number of morpholine rings is 1. The van der Waals surface area contributed by atoms with Crippen molar-refractivity contribution in [2.45, 2.75) is 19.0 Å². The second-order valence-corrected chi connectivity index (χ2v) is 5.69. The Morgan fingerprint density at radius 1 is 1.57 bits per heavy atom. The molecule has 0 aromatic carbocycles. The number of hydrogen-bond acceptors (Lipinski definition) is 6. The number of nitrogens with one attached hydrogen (secondary N) is 2. The van der Waals surface area contributed by atoms with Crippen LogP contribution >= 0.6 is 11.3 Å². The number of carbonyl (C=O) groups excluding carboxylic acids is 1. The van der Waals surface area contributed by atoms with E-state index in [0.29, 0.717) is 26.2 Å². The van der Waals surface area contributed by atoms with Gasteiger partial charge in [0.1, 0.15) is 0 Å². The number of aromatic nitrogens is 1. The molecule has 6 nitrogen and oxygen atoms in total. The Balaban J connectivity index is 1.47. The van der Waals surface area contributed by atoms with Crippen LogP contribution in [0.1, 0.15) is 12.1 Å². The minimum absolute atomic E-state index is 0.00514. The van der Waals surface area contributed by atoms with E-state index in [4.69, 9.17) is 9.15 Å². The van der Waals surface area contributed by atoms with Gasteiger partial charge in [-0.1, -0.05) is 0 Å². The van der Waals surface area contributed by atoms with Gasteiger partial charge in [-0.15, -0.1) is 11.3 Å². The van der Waals surface area contributed by atoms with Crippen LogP contribution in [-0.4, -0.2) is 36.7 Å². The quantitative estimate of drug-likeness (QED) is 0.873. The fourth-order valence-corrected chi connectivity index (χ4v) is 2.92. The Morgan fingerprint density at radius 3 is 3.29 bits per heavy atom. The summed E-state index contributed by atoms with van der Waals surface area (Å²) in [6.07, 6.45) is 2.05. The van der Waals surface area contributed by atoms with Gasteiger partial charge in [0.05, 0.1) is 31.7 Å². The molecule has 3 heterocycles. The number of hydrogen-bond donors (Lipinski definition) is 2. The molecule has 1 aliphatic heterocycles. The average Bonchev–Trinajstić information content (AvgIpc) is 3.17. The summed E-state index contributed by atoms with van der Waals surface area (Å²) in [6, 6.07) is 3.81. The molecule has 1 atom stereocenters. The molecule has 7 heteroatoms. The molecule has 0 spiro atoms. The van der Waals surface area contributed by atoms with Crippen LogP contribution in [0.25, 0.3) is 10.8 Å². The van der Waals surface area contributed by atoms with E-state index >= 15 is 0 Å². The van der Waals surface area contributed by atoms with Gasteiger partial charge in [0.2, 0.25) is 5.91 Å². The molecule has 2 N–H and O–H groups in total. The lowest BCUT2D eigenvalue weighted by Gasteiger charge is -2.23. The maximum absolute atomic E-state index is 11.9. The molecule has 3 rings (SSSR count). The van der Waals surface area contributed by atoms with Gasteiger partial charge >= 0.3 is 0 Å². The molecule has 21 heavy (non-hydrogen) atoms. The molecule has 0 saturated carbocycles. The monoisotopic (exact) mass is 307 g/mol. The normalized spacial score (nSPS) is 18.6. The van der Waals surface area contributed by atoms with Crippen molar-refractivity contribution in [2.24, 2.45) is 0 Å². The minimum atomic E-state index is 0.00514. The summed E-state index contributed by atoms with van der Waals surface area (Å²) < 4.78 is 10.6. The van der Waals surface area contributed by atoms with E-state index in [1.54, 1.807) is 6.26 Å². The number of rotatable bonds is 5. The van der Waals surface area contributed by atoms with Crippen LogP contribution in [-0.2, 0) is 16.1 Å². The maximum atomic E-state index is 11.9. The highest BCUT2D eigenvalue weighted by molar-refractivity contribution is 7.13. The van der Waals surface area contributed by atoms with Crippen LogP contribution in [0.5, 0.6) is 0 Å². The molecule has 1 fully saturated rings. The first-order chi connectivity index (χ1) is 10.3. The molecule has 0 radical (unpaired) electrons. The van der Waals surface area contributed by atoms with Gasteiger partial charge in [-0.05, 0) is 12.1 Å². The zero-order valence-corrected chi connectivity index (χ0v) is 12.3. The number of ether oxygens (including phenoxy) is 1. The molecule has 1 aliphatic rings. The Morgan fingerprint density at radius 2 is 2.52 bits per heavy atom. The van der Waals surface area contributed by atoms with Crippen molar-refractivity contribution in [1.29, 1.82) is 0 Å². The van der Waals surface area contributed by atoms with Gasteiger partial charge in [0.25, 0.3) is 0 Å². The molecule has 0 aliphatic carbocycles. The molecule has 1 saturated heterocycles. The van der Waals surface area contributed by atoms with Gasteiger partial charge < -0.3 is 19.8 Å². The summed E-state index contributed by atoms with van der Waals surface area (Å²) in [5.74, 6) is 0.756. The maximum Gasteiger partial charge on any atom is 0.221 e. The van der Waals surface area contributed by atoms with E-state index in [-0.39, 0.29) is 11.9 Å². The second-order valence-electron chi connectivity index (χ2n) is 4.83. The summed E-state index contributed by atoms with van der Waals surface area (Å²) in [7, 11) is 0. The third-order valence-electron chi connectivity index (χ3n) is 3.18. The molecule has 2 aromatic heterocycles. The van der Waals surface area contributed by atoms with Crippen molar-refractivity contribution in [2.75, 3.05) is 19.8 Å². The lowest BCUT2D eigenvalue weighted by molar-refractivity contribution is -0.122. The number of furan rings is 1. The van der Waals surface area contributed by atoms with Gasteiger partial charge in [-0.25, -0.2) is 4.98 Å². The summed E-state index contributed by atoms with van der Waals surface area (Å²) in [6.45, 7) is 2.54. The Hall–Kier alpha value is -1.70. The lowest BCUT2D eigenvalue weighted by atomic mass is 10.2. The summed E-state index contributed by atoms with van der Waals surface area (Å²) in [5.41, 5.74) is 0.840. The number of amides is 1. The van der Waals surface area contributed by atoms with E-state index in [0.717, 1.165) is 23.0 Å². The Labute approximate surface area is 126 Å². The first-order valence-corrected chi connectivity index (χ1v) is 7.75. The van der Waals surface area contributed by atoms with E-state index in [1.807, 2.05) is 17.5 Å². The van der Waals surface area contributed by atoms with Crippen LogP contribution < -0.4 is 10.6 Å². The smallest absolute Gasteiger partial charge is 0.221 e. The SMILES string of the molecule is O=C(CC1COCCN1)NCc1csc(-c2ccco2)n1. The van der Waals surface area contributed by atoms with Crippen molar-refractivity contribution in [1.82, 2.24) is 15.6 Å². The molecule has 112 valence electrons. The van der Waals surface area contributed by atoms with E-state index < -0.39 is 0 Å². The van der Waals surface area contributed by atoms with Crippen LogP contribution in [0.2, 0.25) is 0 Å².